The number of nitrogens with one attached hydrogen (secondary N) is 3. The lowest BCUT2D eigenvalue weighted by Crippen LogP contribution is -2.12. The summed E-state index contributed by atoms with van der Waals surface area (Å²) < 4.78 is 0. The van der Waals surface area contributed by atoms with Gasteiger partial charge in [0.1, 0.15) is 0 Å². The van der Waals surface area contributed by atoms with Gasteiger partial charge in [-0.15, -0.1) is 11.3 Å². The highest BCUT2D eigenvalue weighted by Crippen LogP contribution is 2.36. The number of thiophene rings is 1. The standard InChI is InChI=1S/C34H30N6S/c1-5-24(15-26(6-2)37-21(3)14-23-10-8-7-9-11-23)25-16-28-33(39-40-34(28)36-18-25)30-17-27-29(19-35-20-31(27)38-30)32-13-12-22(4)41-32/h5-13,15-20,37-38H,2-3,14H2,1,4H3,(H,36,39,40)/b24-5+,26-15+. The van der Waals surface area contributed by atoms with E-state index in [-0.39, 0.29) is 0 Å². The van der Waals surface area contributed by atoms with Crippen molar-refractivity contribution in [2.75, 3.05) is 0 Å². The lowest BCUT2D eigenvalue weighted by atomic mass is 10.0. The molecular weight excluding hydrogens is 524 g/mol. The van der Waals surface area contributed by atoms with E-state index in [1.54, 1.807) is 17.4 Å². The lowest BCUT2D eigenvalue weighted by Gasteiger charge is -2.12. The predicted octanol–water partition coefficient (Wildman–Crippen LogP) is 8.36. The second-order valence-corrected chi connectivity index (χ2v) is 11.2. The molecule has 5 heterocycles. The Morgan fingerprint density at radius 2 is 1.90 bits per heavy atom. The number of aromatic amines is 2. The van der Waals surface area contributed by atoms with Crippen LogP contribution in [0.1, 0.15) is 22.9 Å². The van der Waals surface area contributed by atoms with Crippen LogP contribution >= 0.6 is 11.3 Å². The predicted molar refractivity (Wildman–Crippen MR) is 171 cm³/mol. The van der Waals surface area contributed by atoms with E-state index in [0.29, 0.717) is 5.65 Å². The van der Waals surface area contributed by atoms with Crippen molar-refractivity contribution < 1.29 is 0 Å². The summed E-state index contributed by atoms with van der Waals surface area (Å²) in [7, 11) is 0. The molecule has 0 fully saturated rings. The quantitative estimate of drug-likeness (QED) is 0.157. The molecule has 1 aromatic carbocycles. The summed E-state index contributed by atoms with van der Waals surface area (Å²) in [5.74, 6) is 0. The van der Waals surface area contributed by atoms with Crippen LogP contribution in [0.5, 0.6) is 0 Å². The highest BCUT2D eigenvalue weighted by Gasteiger charge is 2.16. The number of H-pyrrole nitrogens is 2. The SMILES string of the molecule is C=C/C(=C\C(=C/C)c1cnc2n[nH]c(-c3cc4c(-c5ccc(C)s5)cncc4[nH]3)c2c1)NC(=C)Cc1ccccc1. The molecule has 3 N–H and O–H groups in total. The molecule has 0 amide bonds. The Hall–Kier alpha value is -5.01. The molecule has 6 aromatic rings. The summed E-state index contributed by atoms with van der Waals surface area (Å²) in [4.78, 5) is 15.2. The molecule has 202 valence electrons. The van der Waals surface area contributed by atoms with Gasteiger partial charge in [0, 0.05) is 61.9 Å². The topological polar surface area (TPSA) is 82.3 Å². The Labute approximate surface area is 242 Å². The normalized spacial score (nSPS) is 12.2. The van der Waals surface area contributed by atoms with Crippen LogP contribution in [0.25, 0.3) is 49.3 Å². The zero-order valence-electron chi connectivity index (χ0n) is 23.0. The van der Waals surface area contributed by atoms with Gasteiger partial charge in [0.2, 0.25) is 0 Å². The van der Waals surface area contributed by atoms with Crippen molar-refractivity contribution in [2.45, 2.75) is 20.3 Å². The van der Waals surface area contributed by atoms with E-state index in [2.05, 4.69) is 99.1 Å². The van der Waals surface area contributed by atoms with Crippen LogP contribution in [0.4, 0.5) is 0 Å². The molecule has 6 nitrogen and oxygen atoms in total. The van der Waals surface area contributed by atoms with E-state index >= 15 is 0 Å². The first kappa shape index (κ1) is 26.2. The summed E-state index contributed by atoms with van der Waals surface area (Å²) in [5.41, 5.74) is 9.53. The molecule has 0 spiro atoms. The summed E-state index contributed by atoms with van der Waals surface area (Å²) >= 11 is 1.77. The second kappa shape index (κ2) is 11.2. The largest absolute Gasteiger partial charge is 0.359 e. The molecule has 0 aliphatic heterocycles. The fraction of sp³-hybridized carbons (Fsp3) is 0.0882. The van der Waals surface area contributed by atoms with Crippen molar-refractivity contribution in [1.82, 2.24) is 30.5 Å². The third kappa shape index (κ3) is 5.40. The number of aryl methyl sites for hydroxylation is 1. The summed E-state index contributed by atoms with van der Waals surface area (Å²) in [6.07, 6.45) is 12.3. The minimum atomic E-state index is 0.660. The summed E-state index contributed by atoms with van der Waals surface area (Å²) in [6.45, 7) is 12.4. The Morgan fingerprint density at radius 1 is 1.05 bits per heavy atom. The van der Waals surface area contributed by atoms with E-state index in [9.17, 15) is 0 Å². The number of rotatable bonds is 9. The molecule has 0 unspecified atom stereocenters. The number of hydrogen-bond donors (Lipinski definition) is 3. The van der Waals surface area contributed by atoms with Gasteiger partial charge >= 0.3 is 0 Å². The van der Waals surface area contributed by atoms with Gasteiger partial charge in [0.15, 0.2) is 5.65 Å². The number of benzene rings is 1. The van der Waals surface area contributed by atoms with E-state index in [0.717, 1.165) is 62.2 Å². The first-order valence-corrected chi connectivity index (χ1v) is 14.2. The first-order chi connectivity index (χ1) is 20.0. The molecule has 0 aliphatic carbocycles. The maximum absolute atomic E-state index is 4.67. The zero-order chi connectivity index (χ0) is 28.3. The van der Waals surface area contributed by atoms with Gasteiger partial charge < -0.3 is 10.3 Å². The molecule has 0 aliphatic rings. The number of aromatic nitrogens is 5. The van der Waals surface area contributed by atoms with Crippen LogP contribution < -0.4 is 5.32 Å². The number of nitrogens with zero attached hydrogens (tertiary/aromatic N) is 3. The monoisotopic (exact) mass is 554 g/mol. The van der Waals surface area contributed by atoms with E-state index in [4.69, 9.17) is 0 Å². The molecule has 7 heteroatoms. The Bertz CT molecular complexity index is 1950. The summed E-state index contributed by atoms with van der Waals surface area (Å²) in [5, 5.41) is 13.2. The van der Waals surface area contributed by atoms with E-state index in [1.165, 1.54) is 15.3 Å². The van der Waals surface area contributed by atoms with Crippen molar-refractivity contribution in [1.29, 1.82) is 0 Å². The number of allylic oxidation sites excluding steroid dienone is 5. The van der Waals surface area contributed by atoms with Crippen molar-refractivity contribution >= 4 is 38.8 Å². The molecule has 41 heavy (non-hydrogen) atoms. The van der Waals surface area contributed by atoms with Gasteiger partial charge in [-0.3, -0.25) is 10.1 Å². The Morgan fingerprint density at radius 3 is 2.66 bits per heavy atom. The third-order valence-electron chi connectivity index (χ3n) is 6.99. The molecule has 0 saturated carbocycles. The van der Waals surface area contributed by atoms with Crippen molar-refractivity contribution in [2.24, 2.45) is 0 Å². The fourth-order valence-corrected chi connectivity index (χ4v) is 5.85. The van der Waals surface area contributed by atoms with Crippen molar-refractivity contribution in [3.8, 4) is 21.8 Å². The van der Waals surface area contributed by atoms with Gasteiger partial charge in [-0.25, -0.2) is 4.98 Å². The maximum atomic E-state index is 4.67. The smallest absolute Gasteiger partial charge is 0.181 e. The molecule has 0 bridgehead atoms. The summed E-state index contributed by atoms with van der Waals surface area (Å²) in [6, 6.07) is 18.9. The van der Waals surface area contributed by atoms with E-state index in [1.807, 2.05) is 43.7 Å². The van der Waals surface area contributed by atoms with Crippen LogP contribution in [0.2, 0.25) is 0 Å². The first-order valence-electron chi connectivity index (χ1n) is 13.4. The Kier molecular flexibility index (Phi) is 7.18. The third-order valence-corrected chi connectivity index (χ3v) is 8.02. The zero-order valence-corrected chi connectivity index (χ0v) is 23.8. The minimum absolute atomic E-state index is 0.660. The van der Waals surface area contributed by atoms with Crippen LogP contribution in [0.3, 0.4) is 0 Å². The maximum Gasteiger partial charge on any atom is 0.181 e. The average molecular weight is 555 g/mol. The van der Waals surface area contributed by atoms with Gasteiger partial charge in [0.05, 0.1) is 23.1 Å². The van der Waals surface area contributed by atoms with Crippen LogP contribution in [-0.2, 0) is 6.42 Å². The molecule has 0 saturated heterocycles. The van der Waals surface area contributed by atoms with Crippen LogP contribution in [0.15, 0.2) is 116 Å². The van der Waals surface area contributed by atoms with Gasteiger partial charge in [0.25, 0.3) is 0 Å². The number of pyridine rings is 2. The fourth-order valence-electron chi connectivity index (χ4n) is 4.96. The van der Waals surface area contributed by atoms with Crippen molar-refractivity contribution in [3.63, 3.8) is 0 Å². The highest BCUT2D eigenvalue weighted by atomic mass is 32.1. The minimum Gasteiger partial charge on any atom is -0.359 e. The van der Waals surface area contributed by atoms with Crippen molar-refractivity contribution in [3.05, 3.63) is 132 Å². The van der Waals surface area contributed by atoms with Gasteiger partial charge in [-0.1, -0.05) is 49.6 Å². The van der Waals surface area contributed by atoms with Gasteiger partial charge in [-0.05, 0) is 61.4 Å². The molecule has 5 aromatic heterocycles. The second-order valence-electron chi connectivity index (χ2n) is 9.87. The average Bonchev–Trinajstić information content (AvgIpc) is 3.73. The number of hydrogen-bond acceptors (Lipinski definition) is 5. The molecule has 0 atom stereocenters. The molecular formula is C34H30N6S. The highest BCUT2D eigenvalue weighted by molar-refractivity contribution is 7.15. The lowest BCUT2D eigenvalue weighted by molar-refractivity contribution is 0.942. The molecule has 0 radical (unpaired) electrons. The van der Waals surface area contributed by atoms with Crippen LogP contribution in [-0.4, -0.2) is 25.1 Å². The number of fused-ring (bicyclic) bond motifs is 2. The Balaban J connectivity index is 1.32. The van der Waals surface area contributed by atoms with E-state index < -0.39 is 0 Å². The van der Waals surface area contributed by atoms with Gasteiger partial charge in [-0.2, -0.15) is 5.10 Å². The molecule has 6 rings (SSSR count). The van der Waals surface area contributed by atoms with Crippen LogP contribution in [0, 0.1) is 6.92 Å².